The van der Waals surface area contributed by atoms with Gasteiger partial charge in [-0.3, -0.25) is 4.79 Å². The molecule has 2 rings (SSSR count). The summed E-state index contributed by atoms with van der Waals surface area (Å²) in [5.74, 6) is -4.50. The molecule has 1 saturated carbocycles. The predicted octanol–water partition coefficient (Wildman–Crippen LogP) is 2.86. The lowest BCUT2D eigenvalue weighted by molar-refractivity contribution is -0.187. The molecule has 0 radical (unpaired) electrons. The van der Waals surface area contributed by atoms with Gasteiger partial charge in [-0.25, -0.2) is 4.79 Å². The van der Waals surface area contributed by atoms with Gasteiger partial charge in [-0.15, -0.1) is 0 Å². The first-order valence-electron chi connectivity index (χ1n) is 8.03. The van der Waals surface area contributed by atoms with Gasteiger partial charge < -0.3 is 15.3 Å². The minimum absolute atomic E-state index is 0.0411. The highest BCUT2D eigenvalue weighted by Gasteiger charge is 2.53. The average molecular weight is 336 g/mol. The molecule has 1 saturated heterocycles. The van der Waals surface area contributed by atoms with Crippen molar-refractivity contribution in [1.29, 1.82) is 0 Å². The molecule has 23 heavy (non-hydrogen) atoms. The number of carboxylic acids is 1. The van der Waals surface area contributed by atoms with Crippen LogP contribution in [0.2, 0.25) is 0 Å². The van der Waals surface area contributed by atoms with E-state index in [2.05, 4.69) is 12.2 Å². The maximum atomic E-state index is 12.9. The van der Waals surface area contributed by atoms with E-state index in [1.54, 1.807) is 0 Å². The van der Waals surface area contributed by atoms with Crippen molar-refractivity contribution < 1.29 is 27.9 Å². The average Bonchev–Trinajstić information content (AvgIpc) is 2.81. The van der Waals surface area contributed by atoms with Crippen LogP contribution in [0.1, 0.15) is 39.0 Å². The molecule has 1 aliphatic carbocycles. The van der Waals surface area contributed by atoms with Crippen LogP contribution in [0.4, 0.5) is 18.0 Å². The summed E-state index contributed by atoms with van der Waals surface area (Å²) in [5.41, 5.74) is 0. The molecule has 4 atom stereocenters. The van der Waals surface area contributed by atoms with E-state index in [1.807, 2.05) is 0 Å². The van der Waals surface area contributed by atoms with Crippen molar-refractivity contribution >= 4 is 12.0 Å². The van der Waals surface area contributed by atoms with Gasteiger partial charge in [-0.2, -0.15) is 13.2 Å². The van der Waals surface area contributed by atoms with E-state index >= 15 is 0 Å². The van der Waals surface area contributed by atoms with E-state index < -0.39 is 43.1 Å². The van der Waals surface area contributed by atoms with Crippen molar-refractivity contribution in [2.24, 2.45) is 17.8 Å². The number of nitrogens with one attached hydrogen (secondary N) is 1. The minimum atomic E-state index is -4.62. The van der Waals surface area contributed by atoms with Gasteiger partial charge in [0.05, 0.1) is 11.8 Å². The van der Waals surface area contributed by atoms with Gasteiger partial charge in [0.1, 0.15) is 0 Å². The second-order valence-corrected chi connectivity index (χ2v) is 6.76. The summed E-state index contributed by atoms with van der Waals surface area (Å²) in [4.78, 5) is 24.2. The lowest BCUT2D eigenvalue weighted by Crippen LogP contribution is -2.44. The number of alkyl halides is 3. The lowest BCUT2D eigenvalue weighted by atomic mass is 9.96. The molecule has 0 aromatic heterocycles. The van der Waals surface area contributed by atoms with Crippen molar-refractivity contribution in [3.05, 3.63) is 0 Å². The molecule has 0 aromatic carbocycles. The van der Waals surface area contributed by atoms with E-state index in [0.29, 0.717) is 5.92 Å². The number of carbonyl (C=O) groups excluding carboxylic acids is 1. The van der Waals surface area contributed by atoms with Crippen LogP contribution in [0.15, 0.2) is 0 Å². The van der Waals surface area contributed by atoms with Crippen LogP contribution < -0.4 is 5.32 Å². The Bertz CT molecular complexity index is 456. The van der Waals surface area contributed by atoms with E-state index in [-0.39, 0.29) is 6.04 Å². The summed E-state index contributed by atoms with van der Waals surface area (Å²) in [5, 5.41) is 11.8. The van der Waals surface area contributed by atoms with Gasteiger partial charge in [-0.05, 0) is 25.2 Å². The maximum Gasteiger partial charge on any atom is 0.394 e. The van der Waals surface area contributed by atoms with Crippen LogP contribution in [-0.2, 0) is 4.79 Å². The zero-order valence-corrected chi connectivity index (χ0v) is 13.1. The number of aliphatic carboxylic acids is 1. The first-order chi connectivity index (χ1) is 10.7. The molecule has 8 heteroatoms. The molecule has 2 aliphatic rings. The highest BCUT2D eigenvalue weighted by atomic mass is 19.4. The Morgan fingerprint density at radius 2 is 1.83 bits per heavy atom. The maximum absolute atomic E-state index is 12.9. The quantitative estimate of drug-likeness (QED) is 0.762. The fourth-order valence-electron chi connectivity index (χ4n) is 3.45. The van der Waals surface area contributed by atoms with Crippen LogP contribution in [0.25, 0.3) is 0 Å². The second kappa shape index (κ2) is 6.97. The number of amides is 2. The number of rotatable bonds is 2. The van der Waals surface area contributed by atoms with Gasteiger partial charge in [0.2, 0.25) is 0 Å². The van der Waals surface area contributed by atoms with Crippen molar-refractivity contribution in [3.8, 4) is 0 Å². The molecule has 2 unspecified atom stereocenters. The third-order valence-electron chi connectivity index (χ3n) is 4.93. The normalized spacial score (nSPS) is 32.4. The minimum Gasteiger partial charge on any atom is -0.481 e. The van der Waals surface area contributed by atoms with Crippen LogP contribution in [-0.4, -0.2) is 47.3 Å². The number of nitrogens with zero attached hydrogens (tertiary/aromatic N) is 1. The van der Waals surface area contributed by atoms with Crippen LogP contribution in [0.3, 0.4) is 0 Å². The molecule has 0 aromatic rings. The fourth-order valence-corrected chi connectivity index (χ4v) is 3.45. The summed E-state index contributed by atoms with van der Waals surface area (Å²) in [6.07, 6.45) is 0.0624. The van der Waals surface area contributed by atoms with Gasteiger partial charge in [0, 0.05) is 19.1 Å². The van der Waals surface area contributed by atoms with Crippen LogP contribution >= 0.6 is 0 Å². The van der Waals surface area contributed by atoms with E-state index in [4.69, 9.17) is 5.11 Å². The smallest absolute Gasteiger partial charge is 0.394 e. The van der Waals surface area contributed by atoms with Gasteiger partial charge in [0.25, 0.3) is 0 Å². The summed E-state index contributed by atoms with van der Waals surface area (Å²) >= 11 is 0. The summed E-state index contributed by atoms with van der Waals surface area (Å²) in [7, 11) is 0. The van der Waals surface area contributed by atoms with Gasteiger partial charge in [-0.1, -0.05) is 19.8 Å². The molecular formula is C15H23F3N2O3. The zero-order valence-electron chi connectivity index (χ0n) is 13.1. The number of likely N-dealkylation sites (tertiary alicyclic amines) is 1. The fraction of sp³-hybridized carbons (Fsp3) is 0.867. The molecule has 2 N–H and O–H groups in total. The first kappa shape index (κ1) is 17.9. The number of hydrogen-bond donors (Lipinski definition) is 2. The van der Waals surface area contributed by atoms with Gasteiger partial charge >= 0.3 is 18.2 Å². The van der Waals surface area contributed by atoms with Crippen molar-refractivity contribution in [2.45, 2.75) is 51.2 Å². The molecule has 2 fully saturated rings. The molecule has 5 nitrogen and oxygen atoms in total. The standard InChI is InChI=1S/C15H23F3N2O3/c1-9-3-2-4-10(6-5-9)19-14(23)20-7-11(13(21)22)12(8-20)15(16,17)18/h9-12H,2-8H2,1H3,(H,19,23)(H,21,22)/t9?,10?,11-,12-/m1/s1. The Morgan fingerprint density at radius 1 is 1.13 bits per heavy atom. The highest BCUT2D eigenvalue weighted by Crippen LogP contribution is 2.37. The summed E-state index contributed by atoms with van der Waals surface area (Å²) in [6, 6.07) is -0.622. The van der Waals surface area contributed by atoms with Crippen LogP contribution in [0.5, 0.6) is 0 Å². The monoisotopic (exact) mass is 336 g/mol. The Morgan fingerprint density at radius 3 is 2.39 bits per heavy atom. The molecule has 0 spiro atoms. The zero-order chi connectivity index (χ0) is 17.2. The molecular weight excluding hydrogens is 313 g/mol. The largest absolute Gasteiger partial charge is 0.481 e. The molecule has 0 bridgehead atoms. The number of urea groups is 1. The van der Waals surface area contributed by atoms with Crippen molar-refractivity contribution in [1.82, 2.24) is 10.2 Å². The van der Waals surface area contributed by atoms with E-state index in [0.717, 1.165) is 37.0 Å². The SMILES string of the molecule is CC1CCCC(NC(=O)N2C[C@@H](C(F)(F)F)[C@H](C(=O)O)C2)CC1. The lowest BCUT2D eigenvalue weighted by Gasteiger charge is -2.22. The molecule has 2 amide bonds. The van der Waals surface area contributed by atoms with Crippen molar-refractivity contribution in [2.75, 3.05) is 13.1 Å². The molecule has 1 heterocycles. The topological polar surface area (TPSA) is 69.6 Å². The van der Waals surface area contributed by atoms with Gasteiger partial charge in [0.15, 0.2) is 0 Å². The molecule has 1 aliphatic heterocycles. The summed E-state index contributed by atoms with van der Waals surface area (Å²) in [6.45, 7) is 1.17. The van der Waals surface area contributed by atoms with Crippen LogP contribution in [0, 0.1) is 17.8 Å². The van der Waals surface area contributed by atoms with E-state index in [1.165, 1.54) is 0 Å². The Balaban J connectivity index is 1.96. The number of carbonyl (C=O) groups is 2. The third-order valence-corrected chi connectivity index (χ3v) is 4.93. The predicted molar refractivity (Wildman–Crippen MR) is 76.8 cm³/mol. The van der Waals surface area contributed by atoms with E-state index in [9.17, 15) is 22.8 Å². The number of halogens is 3. The Labute approximate surface area is 133 Å². The number of hydrogen-bond acceptors (Lipinski definition) is 2. The summed E-state index contributed by atoms with van der Waals surface area (Å²) < 4.78 is 38.8. The highest BCUT2D eigenvalue weighted by molar-refractivity contribution is 5.78. The number of carboxylic acid groups (broad SMARTS) is 1. The second-order valence-electron chi connectivity index (χ2n) is 6.76. The first-order valence-corrected chi connectivity index (χ1v) is 8.03. The molecule has 132 valence electrons. The van der Waals surface area contributed by atoms with Crippen molar-refractivity contribution in [3.63, 3.8) is 0 Å². The third kappa shape index (κ3) is 4.51. The Hall–Kier alpha value is -1.47. The Kier molecular flexibility index (Phi) is 5.41.